The van der Waals surface area contributed by atoms with Gasteiger partial charge >= 0.3 is 5.97 Å². The molecule has 0 fully saturated rings. The van der Waals surface area contributed by atoms with Gasteiger partial charge in [0.25, 0.3) is 0 Å². The van der Waals surface area contributed by atoms with Crippen LogP contribution in [0, 0.1) is 0 Å². The number of rotatable bonds is 5. The van der Waals surface area contributed by atoms with Crippen LogP contribution in [-0.2, 0) is 9.53 Å². The van der Waals surface area contributed by atoms with Crippen molar-refractivity contribution in [2.24, 2.45) is 0 Å². The van der Waals surface area contributed by atoms with Crippen LogP contribution in [0.15, 0.2) is 18.7 Å². The summed E-state index contributed by atoms with van der Waals surface area (Å²) in [6, 6.07) is 0. The Morgan fingerprint density at radius 1 is 1.56 bits per heavy atom. The molecule has 2 aromatic rings. The minimum atomic E-state index is -0.234. The Labute approximate surface area is 104 Å². The molecule has 2 rings (SSSR count). The Morgan fingerprint density at radius 3 is 3.11 bits per heavy atom. The number of fused-ring (bicyclic) bond motifs is 1. The Morgan fingerprint density at radius 2 is 2.39 bits per heavy atom. The number of anilines is 1. The predicted octanol–water partition coefficient (Wildman–Crippen LogP) is 0.514. The van der Waals surface area contributed by atoms with Crippen molar-refractivity contribution >= 4 is 17.4 Å². The fourth-order valence-corrected chi connectivity index (χ4v) is 1.71. The number of nitrogens with zero attached hydrogens (tertiary/aromatic N) is 5. The molecular formula is C11H15N5O2. The highest BCUT2D eigenvalue weighted by atomic mass is 16.5. The largest absolute Gasteiger partial charge is 0.469 e. The topological polar surface area (TPSA) is 72.6 Å². The van der Waals surface area contributed by atoms with Crippen molar-refractivity contribution < 1.29 is 9.53 Å². The van der Waals surface area contributed by atoms with Crippen molar-refractivity contribution in [3.05, 3.63) is 18.7 Å². The van der Waals surface area contributed by atoms with Gasteiger partial charge in [0, 0.05) is 25.5 Å². The summed E-state index contributed by atoms with van der Waals surface area (Å²) in [5.74, 6) is 0.489. The van der Waals surface area contributed by atoms with Crippen molar-refractivity contribution in [1.82, 2.24) is 19.6 Å². The lowest BCUT2D eigenvalue weighted by Crippen LogP contribution is -2.27. The van der Waals surface area contributed by atoms with E-state index in [0.717, 1.165) is 12.4 Å². The van der Waals surface area contributed by atoms with Gasteiger partial charge in [0.1, 0.15) is 6.33 Å². The standard InChI is InChI=1S/C11H15N5O2/c1-3-15(6-4-9(17)18-2)10-11-14-13-8-16(11)7-5-12-10/h5,7-8H,3-4,6H2,1-2H3. The third-order valence-corrected chi connectivity index (χ3v) is 2.69. The first-order valence-corrected chi connectivity index (χ1v) is 5.72. The number of esters is 1. The van der Waals surface area contributed by atoms with Crippen LogP contribution in [0.5, 0.6) is 0 Å². The molecule has 0 aliphatic heterocycles. The molecule has 2 heterocycles. The second-order valence-electron chi connectivity index (χ2n) is 3.72. The molecule has 0 unspecified atom stereocenters. The molecule has 0 radical (unpaired) electrons. The summed E-state index contributed by atoms with van der Waals surface area (Å²) in [4.78, 5) is 17.5. The number of methoxy groups -OCH3 is 1. The van der Waals surface area contributed by atoms with Gasteiger partial charge in [0.05, 0.1) is 13.5 Å². The molecule has 0 saturated carbocycles. The average Bonchev–Trinajstić information content (AvgIpc) is 2.88. The smallest absolute Gasteiger partial charge is 0.307 e. The molecule has 0 aliphatic carbocycles. The van der Waals surface area contributed by atoms with Crippen LogP contribution >= 0.6 is 0 Å². The van der Waals surface area contributed by atoms with Crippen LogP contribution in [0.4, 0.5) is 5.82 Å². The van der Waals surface area contributed by atoms with E-state index in [1.54, 1.807) is 23.1 Å². The molecule has 0 saturated heterocycles. The lowest BCUT2D eigenvalue weighted by atomic mass is 10.3. The molecular weight excluding hydrogens is 234 g/mol. The van der Waals surface area contributed by atoms with Crippen LogP contribution in [0.1, 0.15) is 13.3 Å². The predicted molar refractivity (Wildman–Crippen MR) is 65.3 cm³/mol. The normalized spacial score (nSPS) is 10.6. The molecule has 0 atom stereocenters. The van der Waals surface area contributed by atoms with Gasteiger partial charge in [-0.05, 0) is 6.92 Å². The molecule has 0 N–H and O–H groups in total. The maximum Gasteiger partial charge on any atom is 0.307 e. The van der Waals surface area contributed by atoms with E-state index in [0.29, 0.717) is 18.6 Å². The Kier molecular flexibility index (Phi) is 3.71. The van der Waals surface area contributed by atoms with E-state index in [2.05, 4.69) is 19.9 Å². The summed E-state index contributed by atoms with van der Waals surface area (Å²) in [5, 5.41) is 7.87. The summed E-state index contributed by atoms with van der Waals surface area (Å²) >= 11 is 0. The van der Waals surface area contributed by atoms with Crippen LogP contribution < -0.4 is 4.90 Å². The van der Waals surface area contributed by atoms with E-state index in [1.165, 1.54) is 7.11 Å². The fraction of sp³-hybridized carbons (Fsp3) is 0.455. The van der Waals surface area contributed by atoms with Crippen molar-refractivity contribution in [2.45, 2.75) is 13.3 Å². The van der Waals surface area contributed by atoms with Gasteiger partial charge in [-0.2, -0.15) is 0 Å². The molecule has 2 aromatic heterocycles. The zero-order chi connectivity index (χ0) is 13.0. The molecule has 7 nitrogen and oxygen atoms in total. The zero-order valence-electron chi connectivity index (χ0n) is 10.4. The first-order valence-electron chi connectivity index (χ1n) is 5.72. The molecule has 0 amide bonds. The summed E-state index contributed by atoms with van der Waals surface area (Å²) in [6.45, 7) is 3.28. The first kappa shape index (κ1) is 12.3. The Hall–Kier alpha value is -2.18. The Bertz CT molecular complexity index is 539. The van der Waals surface area contributed by atoms with Crippen LogP contribution in [-0.4, -0.2) is 45.8 Å². The van der Waals surface area contributed by atoms with E-state index in [-0.39, 0.29) is 5.97 Å². The summed E-state index contributed by atoms with van der Waals surface area (Å²) in [5.41, 5.74) is 0.684. The van der Waals surface area contributed by atoms with Gasteiger partial charge in [-0.15, -0.1) is 10.2 Å². The van der Waals surface area contributed by atoms with Gasteiger partial charge in [-0.25, -0.2) is 4.98 Å². The van der Waals surface area contributed by atoms with Gasteiger partial charge in [-0.1, -0.05) is 0 Å². The molecule has 0 aliphatic rings. The number of hydrogen-bond donors (Lipinski definition) is 0. The summed E-state index contributed by atoms with van der Waals surface area (Å²) < 4.78 is 6.43. The second kappa shape index (κ2) is 5.44. The second-order valence-corrected chi connectivity index (χ2v) is 3.72. The van der Waals surface area contributed by atoms with Gasteiger partial charge in [-0.3, -0.25) is 9.20 Å². The highest BCUT2D eigenvalue weighted by molar-refractivity contribution is 5.71. The minimum Gasteiger partial charge on any atom is -0.469 e. The van der Waals surface area contributed by atoms with E-state index in [1.807, 2.05) is 11.8 Å². The average molecular weight is 249 g/mol. The molecule has 96 valence electrons. The zero-order valence-corrected chi connectivity index (χ0v) is 10.4. The van der Waals surface area contributed by atoms with E-state index in [9.17, 15) is 4.79 Å². The number of carbonyl (C=O) groups is 1. The number of carbonyl (C=O) groups excluding carboxylic acids is 1. The molecule has 0 spiro atoms. The lowest BCUT2D eigenvalue weighted by molar-refractivity contribution is -0.140. The molecule has 7 heteroatoms. The maximum absolute atomic E-state index is 11.2. The fourth-order valence-electron chi connectivity index (χ4n) is 1.71. The number of hydrogen-bond acceptors (Lipinski definition) is 6. The van der Waals surface area contributed by atoms with Crippen LogP contribution in [0.2, 0.25) is 0 Å². The highest BCUT2D eigenvalue weighted by Gasteiger charge is 2.13. The van der Waals surface area contributed by atoms with E-state index in [4.69, 9.17) is 0 Å². The number of aromatic nitrogens is 4. The van der Waals surface area contributed by atoms with Crippen LogP contribution in [0.3, 0.4) is 0 Å². The van der Waals surface area contributed by atoms with Gasteiger partial charge in [0.15, 0.2) is 5.82 Å². The highest BCUT2D eigenvalue weighted by Crippen LogP contribution is 2.15. The van der Waals surface area contributed by atoms with Gasteiger partial charge < -0.3 is 9.64 Å². The first-order chi connectivity index (χ1) is 8.76. The van der Waals surface area contributed by atoms with Crippen molar-refractivity contribution in [2.75, 3.05) is 25.1 Å². The SMILES string of the molecule is CCN(CCC(=O)OC)c1nccn2cnnc12. The lowest BCUT2D eigenvalue weighted by Gasteiger charge is -2.21. The summed E-state index contributed by atoms with van der Waals surface area (Å²) in [7, 11) is 1.39. The summed E-state index contributed by atoms with van der Waals surface area (Å²) in [6.07, 6.45) is 5.41. The molecule has 0 bridgehead atoms. The third kappa shape index (κ3) is 2.39. The molecule has 0 aromatic carbocycles. The maximum atomic E-state index is 11.2. The van der Waals surface area contributed by atoms with Crippen LogP contribution in [0.25, 0.3) is 5.65 Å². The van der Waals surface area contributed by atoms with Crippen molar-refractivity contribution in [3.8, 4) is 0 Å². The Balaban J connectivity index is 2.21. The third-order valence-electron chi connectivity index (χ3n) is 2.69. The number of ether oxygens (including phenoxy) is 1. The van der Waals surface area contributed by atoms with E-state index < -0.39 is 0 Å². The monoisotopic (exact) mass is 249 g/mol. The van der Waals surface area contributed by atoms with E-state index >= 15 is 0 Å². The molecule has 18 heavy (non-hydrogen) atoms. The van der Waals surface area contributed by atoms with Gasteiger partial charge in [0.2, 0.25) is 5.65 Å². The minimum absolute atomic E-state index is 0.234. The van der Waals surface area contributed by atoms with Crippen molar-refractivity contribution in [1.29, 1.82) is 0 Å². The van der Waals surface area contributed by atoms with Crippen molar-refractivity contribution in [3.63, 3.8) is 0 Å². The quantitative estimate of drug-likeness (QED) is 0.719.